The van der Waals surface area contributed by atoms with Crippen LogP contribution in [-0.2, 0) is 16.1 Å². The summed E-state index contributed by atoms with van der Waals surface area (Å²) < 4.78 is 30.1. The lowest BCUT2D eigenvalue weighted by Crippen LogP contribution is -2.43. The quantitative estimate of drug-likeness (QED) is 0.791. The minimum Gasteiger partial charge on any atom is -0.395 e. The van der Waals surface area contributed by atoms with Crippen LogP contribution >= 0.6 is 0 Å². The van der Waals surface area contributed by atoms with Crippen molar-refractivity contribution in [1.29, 1.82) is 0 Å². The average Bonchev–Trinajstić information content (AvgIpc) is 2.44. The van der Waals surface area contributed by atoms with Gasteiger partial charge in [-0.1, -0.05) is 30.3 Å². The summed E-state index contributed by atoms with van der Waals surface area (Å²) in [6.07, 6.45) is -3.47. The fourth-order valence-corrected chi connectivity index (χ4v) is 1.70. The molecule has 0 saturated heterocycles. The number of halogens is 2. The first kappa shape index (κ1) is 16.5. The number of nitrogens with zero attached hydrogens (tertiary/aromatic N) is 1. The van der Waals surface area contributed by atoms with Gasteiger partial charge >= 0.3 is 0 Å². The number of ether oxygens (including phenoxy) is 1. The second kappa shape index (κ2) is 8.60. The number of alkyl halides is 2. The predicted octanol–water partition coefficient (Wildman–Crippen LogP) is 1.68. The Kier molecular flexibility index (Phi) is 7.11. The number of carbonyl (C=O) groups excluding carboxylic acids is 1. The van der Waals surface area contributed by atoms with Gasteiger partial charge in [-0.25, -0.2) is 8.78 Å². The number of rotatable bonds is 8. The van der Waals surface area contributed by atoms with Crippen molar-refractivity contribution in [2.75, 3.05) is 19.7 Å². The van der Waals surface area contributed by atoms with Gasteiger partial charge in [0.1, 0.15) is 6.10 Å². The van der Waals surface area contributed by atoms with Crippen LogP contribution in [0, 0.1) is 0 Å². The highest BCUT2D eigenvalue weighted by Gasteiger charge is 2.23. The van der Waals surface area contributed by atoms with Crippen LogP contribution in [0.15, 0.2) is 30.3 Å². The smallest absolute Gasteiger partial charge is 0.255 e. The van der Waals surface area contributed by atoms with E-state index in [1.807, 2.05) is 30.3 Å². The Hall–Kier alpha value is -1.53. The van der Waals surface area contributed by atoms with Gasteiger partial charge in [0.2, 0.25) is 0 Å². The van der Waals surface area contributed by atoms with Gasteiger partial charge in [0, 0.05) is 6.54 Å². The predicted molar refractivity (Wildman–Crippen MR) is 70.4 cm³/mol. The van der Waals surface area contributed by atoms with E-state index in [2.05, 4.69) is 0 Å². The summed E-state index contributed by atoms with van der Waals surface area (Å²) in [4.78, 5) is 12.9. The number of hydrogen-bond donors (Lipinski definition) is 1. The topological polar surface area (TPSA) is 49.8 Å². The van der Waals surface area contributed by atoms with Crippen molar-refractivity contribution in [3.8, 4) is 0 Å². The fraction of sp³-hybridized carbons (Fsp3) is 0.500. The van der Waals surface area contributed by atoms with Crippen LogP contribution in [0.2, 0.25) is 0 Å². The molecule has 0 aromatic heterocycles. The third kappa shape index (κ3) is 5.63. The minimum atomic E-state index is -2.63. The van der Waals surface area contributed by atoms with Crippen LogP contribution in [0.3, 0.4) is 0 Å². The Labute approximate surface area is 117 Å². The lowest BCUT2D eigenvalue weighted by atomic mass is 10.2. The Morgan fingerprint density at radius 3 is 2.55 bits per heavy atom. The van der Waals surface area contributed by atoms with Crippen molar-refractivity contribution < 1.29 is 23.4 Å². The van der Waals surface area contributed by atoms with Gasteiger partial charge < -0.3 is 14.7 Å². The standard InChI is InChI=1S/C14H19F2NO3/c1-11(20-10-12-5-3-2-4-6-12)14(19)17(7-8-18)9-13(15)16/h2-6,11,13,18H,7-10H2,1H3. The van der Waals surface area contributed by atoms with Crippen LogP contribution in [0.1, 0.15) is 12.5 Å². The SMILES string of the molecule is CC(OCc1ccccc1)C(=O)N(CCO)CC(F)F. The highest BCUT2D eigenvalue weighted by atomic mass is 19.3. The van der Waals surface area contributed by atoms with Gasteiger partial charge in [0.25, 0.3) is 12.3 Å². The summed E-state index contributed by atoms with van der Waals surface area (Å²) in [5, 5.41) is 8.81. The molecule has 0 spiro atoms. The molecule has 0 saturated carbocycles. The summed E-state index contributed by atoms with van der Waals surface area (Å²) in [5.41, 5.74) is 0.898. The zero-order valence-electron chi connectivity index (χ0n) is 11.3. The molecule has 1 N–H and O–H groups in total. The van der Waals surface area contributed by atoms with Crippen LogP contribution < -0.4 is 0 Å². The maximum atomic E-state index is 12.4. The average molecular weight is 287 g/mol. The monoisotopic (exact) mass is 287 g/mol. The van der Waals surface area contributed by atoms with Gasteiger partial charge in [-0.2, -0.15) is 0 Å². The van der Waals surface area contributed by atoms with E-state index in [4.69, 9.17) is 9.84 Å². The Balaban J connectivity index is 2.51. The number of aliphatic hydroxyl groups excluding tert-OH is 1. The lowest BCUT2D eigenvalue weighted by molar-refractivity contribution is -0.145. The van der Waals surface area contributed by atoms with Crippen molar-refractivity contribution in [3.05, 3.63) is 35.9 Å². The second-order valence-electron chi connectivity index (χ2n) is 4.34. The Morgan fingerprint density at radius 1 is 1.35 bits per heavy atom. The molecule has 0 aliphatic heterocycles. The molecule has 1 atom stereocenters. The molecule has 1 unspecified atom stereocenters. The summed E-state index contributed by atoms with van der Waals surface area (Å²) in [6, 6.07) is 9.26. The Morgan fingerprint density at radius 2 is 2.00 bits per heavy atom. The first-order valence-corrected chi connectivity index (χ1v) is 6.38. The van der Waals surface area contributed by atoms with E-state index in [0.717, 1.165) is 10.5 Å². The summed E-state index contributed by atoms with van der Waals surface area (Å²) in [7, 11) is 0. The molecule has 0 aliphatic carbocycles. The summed E-state index contributed by atoms with van der Waals surface area (Å²) in [5.74, 6) is -0.546. The molecule has 4 nitrogen and oxygen atoms in total. The molecule has 0 aliphatic rings. The number of aliphatic hydroxyl groups is 1. The molecule has 112 valence electrons. The van der Waals surface area contributed by atoms with Crippen molar-refractivity contribution in [2.24, 2.45) is 0 Å². The van der Waals surface area contributed by atoms with Crippen molar-refractivity contribution in [3.63, 3.8) is 0 Å². The maximum absolute atomic E-state index is 12.4. The number of amides is 1. The van der Waals surface area contributed by atoms with Crippen LogP contribution in [-0.4, -0.2) is 48.1 Å². The molecule has 0 fully saturated rings. The van der Waals surface area contributed by atoms with E-state index < -0.39 is 25.0 Å². The van der Waals surface area contributed by atoms with Gasteiger partial charge in [0.15, 0.2) is 0 Å². The maximum Gasteiger partial charge on any atom is 0.255 e. The number of benzene rings is 1. The minimum absolute atomic E-state index is 0.123. The molecule has 0 bridgehead atoms. The van der Waals surface area contributed by atoms with Crippen molar-refractivity contribution >= 4 is 5.91 Å². The molecule has 1 aromatic rings. The molecule has 1 rings (SSSR count). The molecule has 1 amide bonds. The fourth-order valence-electron chi connectivity index (χ4n) is 1.70. The molecule has 20 heavy (non-hydrogen) atoms. The van der Waals surface area contributed by atoms with Crippen molar-refractivity contribution in [1.82, 2.24) is 4.90 Å². The third-order valence-electron chi connectivity index (χ3n) is 2.73. The zero-order chi connectivity index (χ0) is 15.0. The molecule has 1 aromatic carbocycles. The highest BCUT2D eigenvalue weighted by Crippen LogP contribution is 2.07. The molecule has 0 radical (unpaired) electrons. The van der Waals surface area contributed by atoms with Crippen LogP contribution in [0.25, 0.3) is 0 Å². The summed E-state index contributed by atoms with van der Waals surface area (Å²) >= 11 is 0. The largest absolute Gasteiger partial charge is 0.395 e. The molecule has 6 heteroatoms. The third-order valence-corrected chi connectivity index (χ3v) is 2.73. The number of carbonyl (C=O) groups is 1. The lowest BCUT2D eigenvalue weighted by Gasteiger charge is -2.24. The van der Waals surface area contributed by atoms with E-state index in [9.17, 15) is 13.6 Å². The zero-order valence-corrected chi connectivity index (χ0v) is 11.3. The number of hydrogen-bond acceptors (Lipinski definition) is 3. The first-order valence-electron chi connectivity index (χ1n) is 6.38. The summed E-state index contributed by atoms with van der Waals surface area (Å²) in [6.45, 7) is 0.570. The van der Waals surface area contributed by atoms with E-state index in [0.29, 0.717) is 0 Å². The van der Waals surface area contributed by atoms with Crippen molar-refractivity contribution in [2.45, 2.75) is 26.1 Å². The van der Waals surface area contributed by atoms with E-state index >= 15 is 0 Å². The Bertz CT molecular complexity index is 401. The van der Waals surface area contributed by atoms with Crippen LogP contribution in [0.4, 0.5) is 8.78 Å². The first-order chi connectivity index (χ1) is 9.54. The second-order valence-corrected chi connectivity index (χ2v) is 4.34. The highest BCUT2D eigenvalue weighted by molar-refractivity contribution is 5.80. The van der Waals surface area contributed by atoms with Gasteiger partial charge in [0.05, 0.1) is 19.8 Å². The normalized spacial score (nSPS) is 12.4. The van der Waals surface area contributed by atoms with E-state index in [1.165, 1.54) is 6.92 Å². The van der Waals surface area contributed by atoms with Gasteiger partial charge in [-0.15, -0.1) is 0 Å². The van der Waals surface area contributed by atoms with Gasteiger partial charge in [-0.05, 0) is 12.5 Å². The van der Waals surface area contributed by atoms with Crippen LogP contribution in [0.5, 0.6) is 0 Å². The molecular weight excluding hydrogens is 268 g/mol. The molecular formula is C14H19F2NO3. The molecule has 0 heterocycles. The van der Waals surface area contributed by atoms with E-state index in [-0.39, 0.29) is 19.8 Å². The van der Waals surface area contributed by atoms with E-state index in [1.54, 1.807) is 0 Å². The van der Waals surface area contributed by atoms with Gasteiger partial charge in [-0.3, -0.25) is 4.79 Å².